The lowest BCUT2D eigenvalue weighted by atomic mass is 9.97. The first-order valence-electron chi connectivity index (χ1n) is 6.22. The van der Waals surface area contributed by atoms with Crippen LogP contribution in [0.1, 0.15) is 12.8 Å². The van der Waals surface area contributed by atoms with E-state index in [0.717, 1.165) is 12.8 Å². The Morgan fingerprint density at radius 3 is 3.10 bits per heavy atom. The zero-order chi connectivity index (χ0) is 14.3. The van der Waals surface area contributed by atoms with Crippen molar-refractivity contribution in [3.8, 4) is 0 Å². The standard InChI is InChI=1S/C11H13N5O3S/c12-8(17)7-2-1-3-14(6-7)9-10(16(18)19)15-4-5-20-11(15)13-9/h4-5,7H,1-3,6H2,(H2,12,17). The molecular weight excluding hydrogens is 282 g/mol. The Balaban J connectivity index is 2.00. The van der Waals surface area contributed by atoms with E-state index in [1.54, 1.807) is 16.5 Å². The van der Waals surface area contributed by atoms with E-state index in [1.165, 1.54) is 15.7 Å². The molecule has 0 aliphatic carbocycles. The van der Waals surface area contributed by atoms with Gasteiger partial charge in [-0.05, 0) is 17.8 Å². The predicted molar refractivity (Wildman–Crippen MR) is 73.9 cm³/mol. The zero-order valence-electron chi connectivity index (χ0n) is 10.6. The Bertz CT molecular complexity index is 679. The van der Waals surface area contributed by atoms with Crippen LogP contribution in [-0.2, 0) is 4.79 Å². The third-order valence-electron chi connectivity index (χ3n) is 3.52. The number of nitrogens with two attached hydrogens (primary N) is 1. The molecule has 1 unspecified atom stereocenters. The molecule has 1 fully saturated rings. The Hall–Kier alpha value is -2.16. The maximum absolute atomic E-state index is 11.3. The molecule has 3 rings (SSSR count). The summed E-state index contributed by atoms with van der Waals surface area (Å²) in [4.78, 5) is 28.8. The fourth-order valence-corrected chi connectivity index (χ4v) is 3.25. The smallest absolute Gasteiger partial charge is 0.369 e. The van der Waals surface area contributed by atoms with Gasteiger partial charge in [-0.3, -0.25) is 4.79 Å². The van der Waals surface area contributed by atoms with Gasteiger partial charge < -0.3 is 20.7 Å². The zero-order valence-corrected chi connectivity index (χ0v) is 11.4. The van der Waals surface area contributed by atoms with Gasteiger partial charge in [0.25, 0.3) is 4.96 Å². The second-order valence-electron chi connectivity index (χ2n) is 4.76. The molecule has 0 aromatic carbocycles. The molecule has 0 radical (unpaired) electrons. The van der Waals surface area contributed by atoms with Gasteiger partial charge in [0, 0.05) is 18.5 Å². The van der Waals surface area contributed by atoms with E-state index in [9.17, 15) is 14.9 Å². The number of nitro groups is 1. The van der Waals surface area contributed by atoms with Crippen LogP contribution in [0.2, 0.25) is 0 Å². The number of hydrogen-bond acceptors (Lipinski definition) is 6. The Kier molecular flexibility index (Phi) is 3.05. The summed E-state index contributed by atoms with van der Waals surface area (Å²) >= 11 is 1.34. The molecule has 9 heteroatoms. The molecule has 0 spiro atoms. The van der Waals surface area contributed by atoms with E-state index in [-0.39, 0.29) is 17.6 Å². The molecule has 2 aromatic rings. The van der Waals surface area contributed by atoms with Crippen LogP contribution < -0.4 is 10.6 Å². The van der Waals surface area contributed by atoms with E-state index in [0.29, 0.717) is 23.9 Å². The number of amides is 1. The van der Waals surface area contributed by atoms with Gasteiger partial charge in [-0.25, -0.2) is 0 Å². The van der Waals surface area contributed by atoms with Crippen LogP contribution in [0.15, 0.2) is 11.6 Å². The van der Waals surface area contributed by atoms with Crippen molar-refractivity contribution in [3.63, 3.8) is 0 Å². The van der Waals surface area contributed by atoms with Crippen LogP contribution in [0.5, 0.6) is 0 Å². The van der Waals surface area contributed by atoms with E-state index in [1.807, 2.05) is 0 Å². The second kappa shape index (κ2) is 4.75. The minimum absolute atomic E-state index is 0.0497. The second-order valence-corrected chi connectivity index (χ2v) is 5.63. The van der Waals surface area contributed by atoms with Gasteiger partial charge >= 0.3 is 5.82 Å². The average Bonchev–Trinajstić information content (AvgIpc) is 2.97. The molecule has 1 atom stereocenters. The molecule has 0 bridgehead atoms. The largest absolute Gasteiger partial charge is 0.373 e. The number of carbonyl (C=O) groups excluding carboxylic acids is 1. The molecule has 2 aromatic heterocycles. The summed E-state index contributed by atoms with van der Waals surface area (Å²) in [5.41, 5.74) is 5.34. The summed E-state index contributed by atoms with van der Waals surface area (Å²) in [5.74, 6) is -0.361. The topological polar surface area (TPSA) is 107 Å². The number of thiazole rings is 1. The van der Waals surface area contributed by atoms with Crippen LogP contribution in [0.4, 0.5) is 11.6 Å². The van der Waals surface area contributed by atoms with Crippen molar-refractivity contribution in [2.75, 3.05) is 18.0 Å². The molecule has 106 valence electrons. The van der Waals surface area contributed by atoms with Gasteiger partial charge in [0.15, 0.2) is 0 Å². The molecule has 8 nitrogen and oxygen atoms in total. The van der Waals surface area contributed by atoms with Crippen LogP contribution in [0, 0.1) is 16.0 Å². The number of nitrogens with zero attached hydrogens (tertiary/aromatic N) is 4. The van der Waals surface area contributed by atoms with Gasteiger partial charge in [0.1, 0.15) is 6.20 Å². The summed E-state index contributed by atoms with van der Waals surface area (Å²) in [5, 5.41) is 13.0. The highest BCUT2D eigenvalue weighted by Gasteiger charge is 2.32. The van der Waals surface area contributed by atoms with Gasteiger partial charge in [-0.1, -0.05) is 11.3 Å². The van der Waals surface area contributed by atoms with Crippen LogP contribution in [0.3, 0.4) is 0 Å². The molecular formula is C11H13N5O3S. The van der Waals surface area contributed by atoms with E-state index in [4.69, 9.17) is 5.73 Å². The minimum Gasteiger partial charge on any atom is -0.369 e. The highest BCUT2D eigenvalue weighted by atomic mass is 32.1. The molecule has 2 N–H and O–H groups in total. The normalized spacial score (nSPS) is 19.4. The molecule has 3 heterocycles. The van der Waals surface area contributed by atoms with Crippen molar-refractivity contribution in [1.82, 2.24) is 9.38 Å². The number of primary amides is 1. The Morgan fingerprint density at radius 2 is 2.40 bits per heavy atom. The van der Waals surface area contributed by atoms with Gasteiger partial charge in [0.2, 0.25) is 11.7 Å². The van der Waals surface area contributed by atoms with E-state index >= 15 is 0 Å². The first-order chi connectivity index (χ1) is 9.58. The number of anilines is 1. The average molecular weight is 295 g/mol. The summed E-state index contributed by atoms with van der Waals surface area (Å²) < 4.78 is 1.47. The third kappa shape index (κ3) is 1.99. The summed E-state index contributed by atoms with van der Waals surface area (Å²) in [6.45, 7) is 1.04. The number of fused-ring (bicyclic) bond motifs is 1. The number of hydrogen-bond donors (Lipinski definition) is 1. The molecule has 0 saturated carbocycles. The van der Waals surface area contributed by atoms with Crippen molar-refractivity contribution in [2.45, 2.75) is 12.8 Å². The van der Waals surface area contributed by atoms with Gasteiger partial charge in [0.05, 0.1) is 5.92 Å². The van der Waals surface area contributed by atoms with Crippen molar-refractivity contribution in [2.24, 2.45) is 11.7 Å². The van der Waals surface area contributed by atoms with Gasteiger partial charge in [-0.15, -0.1) is 0 Å². The van der Waals surface area contributed by atoms with Crippen molar-refractivity contribution >= 4 is 33.8 Å². The first kappa shape index (κ1) is 12.9. The SMILES string of the molecule is NC(=O)C1CCCN(c2nc3sccn3c2[N+](=O)[O-])C1. The Morgan fingerprint density at radius 1 is 1.60 bits per heavy atom. The number of carbonyl (C=O) groups is 1. The first-order valence-corrected chi connectivity index (χ1v) is 7.10. The number of aromatic nitrogens is 2. The third-order valence-corrected chi connectivity index (χ3v) is 4.27. The lowest BCUT2D eigenvalue weighted by molar-refractivity contribution is -0.389. The molecule has 1 amide bonds. The highest BCUT2D eigenvalue weighted by molar-refractivity contribution is 7.15. The maximum Gasteiger partial charge on any atom is 0.373 e. The number of imidazole rings is 1. The molecule has 1 aliphatic heterocycles. The minimum atomic E-state index is -0.435. The lowest BCUT2D eigenvalue weighted by Crippen LogP contribution is -2.41. The predicted octanol–water partition coefficient (Wildman–Crippen LogP) is 1.01. The lowest BCUT2D eigenvalue weighted by Gasteiger charge is -2.30. The summed E-state index contributed by atoms with van der Waals surface area (Å²) in [6, 6.07) is 0. The maximum atomic E-state index is 11.3. The fourth-order valence-electron chi connectivity index (χ4n) is 2.55. The van der Waals surface area contributed by atoms with E-state index in [2.05, 4.69) is 4.98 Å². The van der Waals surface area contributed by atoms with Crippen molar-refractivity contribution in [3.05, 3.63) is 21.7 Å². The highest BCUT2D eigenvalue weighted by Crippen LogP contribution is 2.33. The van der Waals surface area contributed by atoms with Crippen LogP contribution in [-0.4, -0.2) is 33.3 Å². The summed E-state index contributed by atoms with van der Waals surface area (Å²) in [7, 11) is 0. The fraction of sp³-hybridized carbons (Fsp3) is 0.455. The number of rotatable bonds is 3. The Labute approximate surface area is 118 Å². The van der Waals surface area contributed by atoms with Crippen molar-refractivity contribution < 1.29 is 9.72 Å². The number of piperidine rings is 1. The monoisotopic (exact) mass is 295 g/mol. The summed E-state index contributed by atoms with van der Waals surface area (Å²) in [6.07, 6.45) is 3.13. The molecule has 20 heavy (non-hydrogen) atoms. The van der Waals surface area contributed by atoms with E-state index < -0.39 is 4.92 Å². The van der Waals surface area contributed by atoms with Crippen LogP contribution in [0.25, 0.3) is 4.96 Å². The molecule has 1 saturated heterocycles. The van der Waals surface area contributed by atoms with Crippen molar-refractivity contribution in [1.29, 1.82) is 0 Å². The van der Waals surface area contributed by atoms with Gasteiger partial charge in [-0.2, -0.15) is 9.38 Å². The van der Waals surface area contributed by atoms with Crippen LogP contribution >= 0.6 is 11.3 Å². The molecule has 1 aliphatic rings. The quantitative estimate of drug-likeness (QED) is 0.671.